The predicted octanol–water partition coefficient (Wildman–Crippen LogP) is 2.50. The maximum atomic E-state index is 12.3. The number of hydrogen-bond acceptors (Lipinski definition) is 2. The Bertz CT molecular complexity index is 216. The summed E-state index contributed by atoms with van der Waals surface area (Å²) in [5.74, 6) is 1.33. The van der Waals surface area contributed by atoms with E-state index in [1.165, 1.54) is 0 Å². The molecule has 2 atom stereocenters. The number of carbonyl (C=O) groups excluding carboxylic acids is 1. The first kappa shape index (κ1) is 16.4. The largest absolute Gasteiger partial charge is 0.342 e. The van der Waals surface area contributed by atoms with Gasteiger partial charge in [0.1, 0.15) is 0 Å². The predicted molar refractivity (Wildman–Crippen MR) is 73.7 cm³/mol. The Morgan fingerprint density at radius 1 is 1.24 bits per heavy atom. The van der Waals surface area contributed by atoms with Gasteiger partial charge >= 0.3 is 0 Å². The lowest BCUT2D eigenvalue weighted by atomic mass is 9.95. The lowest BCUT2D eigenvalue weighted by Gasteiger charge is -2.28. The van der Waals surface area contributed by atoms with E-state index in [0.29, 0.717) is 18.4 Å². The second-order valence-electron chi connectivity index (χ2n) is 5.45. The van der Waals surface area contributed by atoms with E-state index in [1.54, 1.807) is 0 Å². The number of carbonyl (C=O) groups is 1. The van der Waals surface area contributed by atoms with E-state index in [2.05, 4.69) is 27.7 Å². The Labute approximate surface area is 107 Å². The van der Waals surface area contributed by atoms with Crippen LogP contribution in [0, 0.1) is 17.8 Å². The summed E-state index contributed by atoms with van der Waals surface area (Å²) in [6.45, 7) is 12.8. The van der Waals surface area contributed by atoms with Gasteiger partial charge in [0.25, 0.3) is 0 Å². The maximum absolute atomic E-state index is 12.3. The number of rotatable bonds is 8. The van der Waals surface area contributed by atoms with Gasteiger partial charge in [-0.15, -0.1) is 0 Å². The third kappa shape index (κ3) is 6.06. The Kier molecular flexibility index (Phi) is 8.23. The normalized spacial score (nSPS) is 14.8. The van der Waals surface area contributed by atoms with Gasteiger partial charge in [-0.25, -0.2) is 0 Å². The highest BCUT2D eigenvalue weighted by molar-refractivity contribution is 5.79. The van der Waals surface area contributed by atoms with Gasteiger partial charge in [-0.3, -0.25) is 4.79 Å². The van der Waals surface area contributed by atoms with Crippen molar-refractivity contribution in [3.8, 4) is 0 Å². The highest BCUT2D eigenvalue weighted by atomic mass is 16.2. The minimum atomic E-state index is -0.000920. The molecular formula is C14H30N2O. The summed E-state index contributed by atoms with van der Waals surface area (Å²) < 4.78 is 0. The minimum absolute atomic E-state index is 0.000920. The van der Waals surface area contributed by atoms with Crippen LogP contribution < -0.4 is 5.73 Å². The lowest BCUT2D eigenvalue weighted by molar-refractivity contribution is -0.136. The van der Waals surface area contributed by atoms with Gasteiger partial charge in [-0.1, -0.05) is 34.1 Å². The van der Waals surface area contributed by atoms with Crippen molar-refractivity contribution in [2.24, 2.45) is 23.5 Å². The topological polar surface area (TPSA) is 46.3 Å². The van der Waals surface area contributed by atoms with Crippen LogP contribution >= 0.6 is 0 Å². The average molecular weight is 242 g/mol. The minimum Gasteiger partial charge on any atom is -0.342 e. The van der Waals surface area contributed by atoms with Crippen LogP contribution in [0.1, 0.15) is 47.5 Å². The molecular weight excluding hydrogens is 212 g/mol. The number of nitrogens with zero attached hydrogens (tertiary/aromatic N) is 1. The molecule has 0 saturated carbocycles. The first-order valence-corrected chi connectivity index (χ1v) is 6.94. The molecule has 102 valence electrons. The molecule has 17 heavy (non-hydrogen) atoms. The summed E-state index contributed by atoms with van der Waals surface area (Å²) in [4.78, 5) is 14.3. The van der Waals surface area contributed by atoms with Crippen LogP contribution in [0.15, 0.2) is 0 Å². The molecule has 0 aliphatic heterocycles. The van der Waals surface area contributed by atoms with Crippen LogP contribution in [0.4, 0.5) is 0 Å². The molecule has 0 aromatic heterocycles. The van der Waals surface area contributed by atoms with Crippen molar-refractivity contribution < 1.29 is 4.79 Å². The van der Waals surface area contributed by atoms with Gasteiger partial charge in [0, 0.05) is 19.6 Å². The van der Waals surface area contributed by atoms with Crippen LogP contribution in [0.3, 0.4) is 0 Å². The van der Waals surface area contributed by atoms with Crippen molar-refractivity contribution in [1.29, 1.82) is 0 Å². The quantitative estimate of drug-likeness (QED) is 0.711. The molecule has 0 aliphatic carbocycles. The molecule has 0 bridgehead atoms. The van der Waals surface area contributed by atoms with E-state index in [1.807, 2.05) is 11.8 Å². The SMILES string of the molecule is CCC(C)CN(CC)C(=O)C(CN)CC(C)C. The summed E-state index contributed by atoms with van der Waals surface area (Å²) in [7, 11) is 0. The summed E-state index contributed by atoms with van der Waals surface area (Å²) >= 11 is 0. The second-order valence-corrected chi connectivity index (χ2v) is 5.45. The smallest absolute Gasteiger partial charge is 0.226 e. The summed E-state index contributed by atoms with van der Waals surface area (Å²) in [6, 6.07) is 0. The third-order valence-electron chi connectivity index (χ3n) is 3.31. The Morgan fingerprint density at radius 3 is 2.18 bits per heavy atom. The van der Waals surface area contributed by atoms with Crippen LogP contribution in [-0.4, -0.2) is 30.4 Å². The molecule has 0 fully saturated rings. The molecule has 0 aromatic rings. The van der Waals surface area contributed by atoms with E-state index in [-0.39, 0.29) is 11.8 Å². The van der Waals surface area contributed by atoms with E-state index in [4.69, 9.17) is 5.73 Å². The van der Waals surface area contributed by atoms with Crippen molar-refractivity contribution in [3.05, 3.63) is 0 Å². The molecule has 0 saturated heterocycles. The first-order valence-electron chi connectivity index (χ1n) is 6.94. The lowest BCUT2D eigenvalue weighted by Crippen LogP contribution is -2.41. The summed E-state index contributed by atoms with van der Waals surface area (Å²) in [5.41, 5.74) is 5.73. The number of nitrogens with two attached hydrogens (primary N) is 1. The first-order chi connectivity index (χ1) is 7.96. The molecule has 0 radical (unpaired) electrons. The maximum Gasteiger partial charge on any atom is 0.226 e. The van der Waals surface area contributed by atoms with Crippen LogP contribution in [-0.2, 0) is 4.79 Å². The molecule has 3 nitrogen and oxygen atoms in total. The molecule has 0 aromatic carbocycles. The zero-order valence-corrected chi connectivity index (χ0v) is 12.2. The third-order valence-corrected chi connectivity index (χ3v) is 3.31. The van der Waals surface area contributed by atoms with E-state index in [9.17, 15) is 4.79 Å². The van der Waals surface area contributed by atoms with Crippen molar-refractivity contribution in [2.45, 2.75) is 47.5 Å². The standard InChI is InChI=1S/C14H30N2O/c1-6-12(5)10-16(7-2)14(17)13(9-15)8-11(3)4/h11-13H,6-10,15H2,1-5H3. The summed E-state index contributed by atoms with van der Waals surface area (Å²) in [6.07, 6.45) is 2.01. The number of amides is 1. The summed E-state index contributed by atoms with van der Waals surface area (Å²) in [5, 5.41) is 0. The van der Waals surface area contributed by atoms with Gasteiger partial charge in [-0.05, 0) is 25.2 Å². The molecule has 2 unspecified atom stereocenters. The van der Waals surface area contributed by atoms with E-state index < -0.39 is 0 Å². The molecule has 3 heteroatoms. The molecule has 2 N–H and O–H groups in total. The van der Waals surface area contributed by atoms with Gasteiger partial charge in [0.05, 0.1) is 5.92 Å². The fourth-order valence-electron chi connectivity index (χ4n) is 2.01. The Balaban J connectivity index is 4.48. The van der Waals surface area contributed by atoms with Crippen molar-refractivity contribution in [2.75, 3.05) is 19.6 Å². The van der Waals surface area contributed by atoms with Crippen LogP contribution in [0.25, 0.3) is 0 Å². The molecule has 0 aliphatic rings. The van der Waals surface area contributed by atoms with Crippen molar-refractivity contribution in [1.82, 2.24) is 4.90 Å². The van der Waals surface area contributed by atoms with Crippen LogP contribution in [0.5, 0.6) is 0 Å². The highest BCUT2D eigenvalue weighted by Crippen LogP contribution is 2.15. The van der Waals surface area contributed by atoms with Crippen molar-refractivity contribution in [3.63, 3.8) is 0 Å². The van der Waals surface area contributed by atoms with Gasteiger partial charge in [0.15, 0.2) is 0 Å². The van der Waals surface area contributed by atoms with Crippen molar-refractivity contribution >= 4 is 5.91 Å². The van der Waals surface area contributed by atoms with E-state index >= 15 is 0 Å². The van der Waals surface area contributed by atoms with E-state index in [0.717, 1.165) is 25.9 Å². The second kappa shape index (κ2) is 8.51. The fourth-order valence-corrected chi connectivity index (χ4v) is 2.01. The van der Waals surface area contributed by atoms with Crippen LogP contribution in [0.2, 0.25) is 0 Å². The highest BCUT2D eigenvalue weighted by Gasteiger charge is 2.23. The molecule has 0 rings (SSSR count). The van der Waals surface area contributed by atoms with Gasteiger partial charge in [0.2, 0.25) is 5.91 Å². The molecule has 0 spiro atoms. The molecule has 0 heterocycles. The van der Waals surface area contributed by atoms with Gasteiger partial charge in [-0.2, -0.15) is 0 Å². The average Bonchev–Trinajstić information content (AvgIpc) is 2.31. The Morgan fingerprint density at radius 2 is 1.82 bits per heavy atom. The van der Waals surface area contributed by atoms with Gasteiger partial charge < -0.3 is 10.6 Å². The monoisotopic (exact) mass is 242 g/mol. The molecule has 1 amide bonds. The zero-order chi connectivity index (χ0) is 13.4. The Hall–Kier alpha value is -0.570. The zero-order valence-electron chi connectivity index (χ0n) is 12.2. The number of hydrogen-bond donors (Lipinski definition) is 1. The fraction of sp³-hybridized carbons (Fsp3) is 0.929.